The zero-order valence-electron chi connectivity index (χ0n) is 15.4. The molecule has 3 rings (SSSR count). The number of carbonyl (C=O) groups is 2. The van der Waals surface area contributed by atoms with Gasteiger partial charge < -0.3 is 10.6 Å². The van der Waals surface area contributed by atoms with E-state index in [0.717, 1.165) is 12.0 Å². The first kappa shape index (κ1) is 19.6. The van der Waals surface area contributed by atoms with Gasteiger partial charge in [-0.3, -0.25) is 9.59 Å². The first-order valence-corrected chi connectivity index (χ1v) is 9.33. The molecule has 0 spiro atoms. The number of benzene rings is 2. The Morgan fingerprint density at radius 3 is 2.11 bits per heavy atom. The maximum Gasteiger partial charge on any atom is 0.274 e. The van der Waals surface area contributed by atoms with Crippen LogP contribution >= 0.6 is 11.6 Å². The van der Waals surface area contributed by atoms with Crippen LogP contribution in [-0.2, 0) is 13.0 Å². The number of aromatic nitrogens is 1. The summed E-state index contributed by atoms with van der Waals surface area (Å²) in [6.45, 7) is 2.42. The fourth-order valence-corrected chi connectivity index (χ4v) is 2.71. The molecule has 0 aliphatic carbocycles. The van der Waals surface area contributed by atoms with Crippen LogP contribution < -0.4 is 10.6 Å². The normalized spacial score (nSPS) is 10.4. The molecule has 0 aliphatic rings. The van der Waals surface area contributed by atoms with E-state index in [0.29, 0.717) is 17.3 Å². The van der Waals surface area contributed by atoms with Gasteiger partial charge in [0.2, 0.25) is 0 Å². The van der Waals surface area contributed by atoms with Crippen molar-refractivity contribution in [1.29, 1.82) is 0 Å². The largest absolute Gasteiger partial charge is 0.347 e. The van der Waals surface area contributed by atoms with Crippen molar-refractivity contribution < 1.29 is 9.59 Å². The summed E-state index contributed by atoms with van der Waals surface area (Å²) in [6, 6.07) is 19.6. The molecule has 0 unspecified atom stereocenters. The summed E-state index contributed by atoms with van der Waals surface area (Å²) in [6.07, 6.45) is 0.933. The second kappa shape index (κ2) is 9.15. The summed E-state index contributed by atoms with van der Waals surface area (Å²) in [5.74, 6) is -0.714. The molecule has 0 saturated heterocycles. The highest BCUT2D eigenvalue weighted by Crippen LogP contribution is 2.12. The number of aryl methyl sites for hydroxylation is 1. The van der Waals surface area contributed by atoms with Crippen LogP contribution in [0.3, 0.4) is 0 Å². The highest BCUT2D eigenvalue weighted by molar-refractivity contribution is 6.30. The molecule has 2 aromatic carbocycles. The van der Waals surface area contributed by atoms with Gasteiger partial charge in [0.1, 0.15) is 11.4 Å². The summed E-state index contributed by atoms with van der Waals surface area (Å²) < 4.78 is 0. The minimum atomic E-state index is -0.364. The molecule has 1 aromatic heterocycles. The van der Waals surface area contributed by atoms with Gasteiger partial charge >= 0.3 is 0 Å². The minimum Gasteiger partial charge on any atom is -0.347 e. The molecule has 2 N–H and O–H groups in total. The third-order valence-electron chi connectivity index (χ3n) is 4.20. The predicted octanol–water partition coefficient (Wildman–Crippen LogP) is 4.48. The highest BCUT2D eigenvalue weighted by Gasteiger charge is 2.12. The zero-order chi connectivity index (χ0) is 19.9. The maximum atomic E-state index is 12.4. The average Bonchev–Trinajstić information content (AvgIpc) is 2.73. The van der Waals surface area contributed by atoms with Gasteiger partial charge in [-0.15, -0.1) is 0 Å². The van der Waals surface area contributed by atoms with E-state index in [1.54, 1.807) is 30.3 Å². The number of hydrogen-bond acceptors (Lipinski definition) is 3. The molecular weight excluding hydrogens is 374 g/mol. The van der Waals surface area contributed by atoms with E-state index >= 15 is 0 Å². The number of anilines is 1. The van der Waals surface area contributed by atoms with Gasteiger partial charge in [0, 0.05) is 17.3 Å². The van der Waals surface area contributed by atoms with E-state index in [4.69, 9.17) is 11.6 Å². The molecule has 0 saturated carbocycles. The molecule has 6 heteroatoms. The molecule has 0 aliphatic heterocycles. The lowest BCUT2D eigenvalue weighted by atomic mass is 10.1. The number of halogens is 1. The second-order valence-corrected chi connectivity index (χ2v) is 6.66. The smallest absolute Gasteiger partial charge is 0.274 e. The number of nitrogens with zero attached hydrogens (tertiary/aromatic N) is 1. The quantitative estimate of drug-likeness (QED) is 0.648. The van der Waals surface area contributed by atoms with Gasteiger partial charge in [-0.25, -0.2) is 4.98 Å². The Labute approximate surface area is 168 Å². The fourth-order valence-electron chi connectivity index (χ4n) is 2.58. The Balaban J connectivity index is 1.64. The van der Waals surface area contributed by atoms with Gasteiger partial charge in [0.25, 0.3) is 11.8 Å². The third kappa shape index (κ3) is 5.18. The number of rotatable bonds is 6. The average molecular weight is 394 g/mol. The number of nitrogens with one attached hydrogen (secondary N) is 2. The van der Waals surface area contributed by atoms with Crippen molar-refractivity contribution in [2.24, 2.45) is 0 Å². The maximum absolute atomic E-state index is 12.4. The van der Waals surface area contributed by atoms with Crippen LogP contribution in [0.4, 0.5) is 5.69 Å². The first-order chi connectivity index (χ1) is 13.5. The van der Waals surface area contributed by atoms with Crippen LogP contribution in [0.15, 0.2) is 66.7 Å². The molecule has 142 valence electrons. The molecular formula is C22H20ClN3O2. The summed E-state index contributed by atoms with van der Waals surface area (Å²) in [5, 5.41) is 6.22. The van der Waals surface area contributed by atoms with E-state index in [2.05, 4.69) is 22.5 Å². The lowest BCUT2D eigenvalue weighted by Crippen LogP contribution is -2.25. The number of hydrogen-bond donors (Lipinski definition) is 2. The van der Waals surface area contributed by atoms with Crippen LogP contribution in [0.2, 0.25) is 5.02 Å². The Bertz CT molecular complexity index is 970. The molecule has 0 fully saturated rings. The van der Waals surface area contributed by atoms with Crippen LogP contribution in [0, 0.1) is 0 Å². The van der Waals surface area contributed by atoms with Crippen molar-refractivity contribution in [2.75, 3.05) is 5.32 Å². The predicted molar refractivity (Wildman–Crippen MR) is 111 cm³/mol. The summed E-state index contributed by atoms with van der Waals surface area (Å²) in [4.78, 5) is 29.0. The molecule has 0 atom stereocenters. The molecule has 28 heavy (non-hydrogen) atoms. The van der Waals surface area contributed by atoms with Crippen LogP contribution in [0.25, 0.3) is 0 Å². The first-order valence-electron chi connectivity index (χ1n) is 8.95. The van der Waals surface area contributed by atoms with Crippen LogP contribution in [0.5, 0.6) is 0 Å². The van der Waals surface area contributed by atoms with Gasteiger partial charge in [0.15, 0.2) is 0 Å². The molecule has 2 amide bonds. The van der Waals surface area contributed by atoms with Gasteiger partial charge in [0.05, 0.1) is 0 Å². The van der Waals surface area contributed by atoms with E-state index in [1.807, 2.05) is 36.4 Å². The third-order valence-corrected chi connectivity index (χ3v) is 4.45. The van der Waals surface area contributed by atoms with E-state index in [-0.39, 0.29) is 23.2 Å². The van der Waals surface area contributed by atoms with Crippen LogP contribution in [0.1, 0.15) is 39.0 Å². The van der Waals surface area contributed by atoms with E-state index in [9.17, 15) is 9.59 Å². The van der Waals surface area contributed by atoms with Crippen molar-refractivity contribution in [3.05, 3.63) is 94.3 Å². The van der Waals surface area contributed by atoms with Gasteiger partial charge in [-0.1, -0.05) is 48.9 Å². The Kier molecular flexibility index (Phi) is 6.40. The topological polar surface area (TPSA) is 71.1 Å². The highest BCUT2D eigenvalue weighted by atomic mass is 35.5. The summed E-state index contributed by atoms with van der Waals surface area (Å²) in [7, 11) is 0. The Hall–Kier alpha value is -3.18. The minimum absolute atomic E-state index is 0.179. The Morgan fingerprint density at radius 2 is 1.46 bits per heavy atom. The molecule has 0 radical (unpaired) electrons. The number of pyridine rings is 1. The Morgan fingerprint density at radius 1 is 0.857 bits per heavy atom. The van der Waals surface area contributed by atoms with Crippen molar-refractivity contribution >= 4 is 29.1 Å². The van der Waals surface area contributed by atoms with Crippen molar-refractivity contribution in [3.8, 4) is 0 Å². The van der Waals surface area contributed by atoms with Gasteiger partial charge in [-0.05, 0) is 53.9 Å². The fraction of sp³-hybridized carbons (Fsp3) is 0.136. The molecule has 3 aromatic rings. The monoisotopic (exact) mass is 393 g/mol. The lowest BCUT2D eigenvalue weighted by Gasteiger charge is -2.08. The standard InChI is InChI=1S/C22H20ClN3O2/c1-2-15-8-12-18(13-9-15)25-22(28)20-5-3-4-19(26-20)21(27)24-14-16-6-10-17(23)11-7-16/h3-13H,2,14H2,1H3,(H,24,27)(H,25,28). The van der Waals surface area contributed by atoms with Crippen LogP contribution in [-0.4, -0.2) is 16.8 Å². The number of amides is 2. The summed E-state index contributed by atoms with van der Waals surface area (Å²) >= 11 is 5.86. The van der Waals surface area contributed by atoms with Gasteiger partial charge in [-0.2, -0.15) is 0 Å². The lowest BCUT2D eigenvalue weighted by molar-refractivity contribution is 0.0945. The van der Waals surface area contributed by atoms with E-state index in [1.165, 1.54) is 5.56 Å². The zero-order valence-corrected chi connectivity index (χ0v) is 16.2. The van der Waals surface area contributed by atoms with Crippen molar-refractivity contribution in [2.45, 2.75) is 19.9 Å². The SMILES string of the molecule is CCc1ccc(NC(=O)c2cccc(C(=O)NCc3ccc(Cl)cc3)n2)cc1. The van der Waals surface area contributed by atoms with Crippen molar-refractivity contribution in [1.82, 2.24) is 10.3 Å². The molecule has 1 heterocycles. The summed E-state index contributed by atoms with van der Waals surface area (Å²) in [5.41, 5.74) is 3.15. The molecule has 5 nitrogen and oxygen atoms in total. The van der Waals surface area contributed by atoms with Crippen molar-refractivity contribution in [3.63, 3.8) is 0 Å². The molecule has 0 bridgehead atoms. The number of carbonyl (C=O) groups excluding carboxylic acids is 2. The second-order valence-electron chi connectivity index (χ2n) is 6.22. The van der Waals surface area contributed by atoms with E-state index < -0.39 is 0 Å².